The van der Waals surface area contributed by atoms with Gasteiger partial charge in [-0.25, -0.2) is 0 Å². The Hall–Kier alpha value is -1.79. The quantitative estimate of drug-likeness (QED) is 0.834. The predicted octanol–water partition coefficient (Wildman–Crippen LogP) is 0.0359. The van der Waals surface area contributed by atoms with Crippen LogP contribution >= 0.6 is 0 Å². The number of anilines is 1. The summed E-state index contributed by atoms with van der Waals surface area (Å²) in [6.45, 7) is 9.94. The van der Waals surface area contributed by atoms with E-state index in [1.54, 1.807) is 7.11 Å². The lowest BCUT2D eigenvalue weighted by molar-refractivity contribution is -0.907. The van der Waals surface area contributed by atoms with E-state index in [2.05, 4.69) is 30.9 Å². The number of methoxy groups -OCH3 is 1. The fourth-order valence-electron chi connectivity index (χ4n) is 3.87. The van der Waals surface area contributed by atoms with Crippen molar-refractivity contribution in [3.8, 4) is 5.75 Å². The zero-order chi connectivity index (χ0) is 17.8. The minimum absolute atomic E-state index is 0.235. The molecule has 6 nitrogen and oxygen atoms in total. The second-order valence-corrected chi connectivity index (χ2v) is 7.16. The number of hydrogen-bond acceptors (Lipinski definition) is 4. The molecule has 1 N–H and O–H groups in total. The Morgan fingerprint density at radius 1 is 1.12 bits per heavy atom. The van der Waals surface area contributed by atoms with Crippen LogP contribution in [0.3, 0.4) is 0 Å². The first-order chi connectivity index (χ1) is 12.0. The first kappa shape index (κ1) is 18.0. The monoisotopic (exact) mass is 348 g/mol. The molecule has 1 unspecified atom stereocenters. The number of quaternary nitrogens is 1. The number of carbonyl (C=O) groups is 1. The summed E-state index contributed by atoms with van der Waals surface area (Å²) in [6, 6.07) is 8.13. The SMILES string of the molecule is COc1ccc(N2CCN(C(=O)C[NH+]3C[C@@H](C)O[C@@H](C)C3)CC2)cc1. The second-order valence-electron chi connectivity index (χ2n) is 7.16. The summed E-state index contributed by atoms with van der Waals surface area (Å²) in [5.74, 6) is 1.14. The molecular formula is C19H30N3O3+. The van der Waals surface area contributed by atoms with Gasteiger partial charge in [0.15, 0.2) is 6.54 Å². The second kappa shape index (κ2) is 8.06. The fourth-order valence-corrected chi connectivity index (χ4v) is 3.87. The molecule has 0 radical (unpaired) electrons. The molecule has 1 aromatic rings. The van der Waals surface area contributed by atoms with Crippen molar-refractivity contribution in [1.82, 2.24) is 4.90 Å². The molecule has 3 rings (SSSR count). The van der Waals surface area contributed by atoms with Crippen molar-refractivity contribution < 1.29 is 19.2 Å². The van der Waals surface area contributed by atoms with Crippen molar-refractivity contribution in [3.05, 3.63) is 24.3 Å². The molecule has 0 spiro atoms. The van der Waals surface area contributed by atoms with E-state index in [9.17, 15) is 4.79 Å². The van der Waals surface area contributed by atoms with E-state index in [-0.39, 0.29) is 18.1 Å². The molecule has 0 aromatic heterocycles. The van der Waals surface area contributed by atoms with Crippen molar-refractivity contribution >= 4 is 11.6 Å². The van der Waals surface area contributed by atoms with Crippen molar-refractivity contribution in [3.63, 3.8) is 0 Å². The zero-order valence-electron chi connectivity index (χ0n) is 15.5. The highest BCUT2D eigenvalue weighted by atomic mass is 16.5. The van der Waals surface area contributed by atoms with Gasteiger partial charge < -0.3 is 24.2 Å². The highest BCUT2D eigenvalue weighted by Crippen LogP contribution is 2.20. The number of ether oxygens (including phenoxy) is 2. The Labute approximate surface area is 150 Å². The number of morpholine rings is 1. The van der Waals surface area contributed by atoms with E-state index < -0.39 is 0 Å². The van der Waals surface area contributed by atoms with E-state index in [4.69, 9.17) is 9.47 Å². The topological polar surface area (TPSA) is 46.5 Å². The van der Waals surface area contributed by atoms with Gasteiger partial charge in [0.05, 0.1) is 7.11 Å². The molecule has 2 saturated heterocycles. The zero-order valence-corrected chi connectivity index (χ0v) is 15.5. The number of piperazine rings is 1. The van der Waals surface area contributed by atoms with Gasteiger partial charge in [-0.15, -0.1) is 0 Å². The van der Waals surface area contributed by atoms with Crippen molar-refractivity contribution in [1.29, 1.82) is 0 Å². The molecule has 2 aliphatic rings. The third kappa shape index (κ3) is 4.64. The molecular weight excluding hydrogens is 318 g/mol. The summed E-state index contributed by atoms with van der Waals surface area (Å²) in [5, 5.41) is 0. The van der Waals surface area contributed by atoms with Gasteiger partial charge in [-0.3, -0.25) is 4.79 Å². The maximum Gasteiger partial charge on any atom is 0.277 e. The highest BCUT2D eigenvalue weighted by Gasteiger charge is 2.30. The van der Waals surface area contributed by atoms with Crippen LogP contribution in [0, 0.1) is 0 Å². The Bertz CT molecular complexity index is 560. The van der Waals surface area contributed by atoms with Crippen LogP contribution < -0.4 is 14.5 Å². The molecule has 2 fully saturated rings. The van der Waals surface area contributed by atoms with Gasteiger partial charge >= 0.3 is 0 Å². The van der Waals surface area contributed by atoms with Crippen LogP contribution in [0.5, 0.6) is 5.75 Å². The van der Waals surface area contributed by atoms with Crippen LogP contribution in [0.25, 0.3) is 0 Å². The lowest BCUT2D eigenvalue weighted by Gasteiger charge is -2.37. The summed E-state index contributed by atoms with van der Waals surface area (Å²) < 4.78 is 11.0. The smallest absolute Gasteiger partial charge is 0.277 e. The summed E-state index contributed by atoms with van der Waals surface area (Å²) in [5.41, 5.74) is 1.19. The molecule has 0 aliphatic carbocycles. The van der Waals surface area contributed by atoms with E-state index in [0.717, 1.165) is 45.0 Å². The Morgan fingerprint density at radius 3 is 2.28 bits per heavy atom. The molecule has 2 aliphatic heterocycles. The Balaban J connectivity index is 1.48. The van der Waals surface area contributed by atoms with Gasteiger partial charge in [-0.05, 0) is 38.1 Å². The molecule has 25 heavy (non-hydrogen) atoms. The van der Waals surface area contributed by atoms with Crippen LogP contribution in [0.2, 0.25) is 0 Å². The Kier molecular flexibility index (Phi) is 5.81. The van der Waals surface area contributed by atoms with Crippen molar-refractivity contribution in [2.24, 2.45) is 0 Å². The average molecular weight is 348 g/mol. The molecule has 1 aromatic carbocycles. The molecule has 138 valence electrons. The molecule has 0 saturated carbocycles. The van der Waals surface area contributed by atoms with Crippen LogP contribution in [0.1, 0.15) is 13.8 Å². The predicted molar refractivity (Wildman–Crippen MR) is 97.4 cm³/mol. The molecule has 3 atom stereocenters. The maximum atomic E-state index is 12.6. The van der Waals surface area contributed by atoms with E-state index in [0.29, 0.717) is 6.54 Å². The van der Waals surface area contributed by atoms with E-state index >= 15 is 0 Å². The van der Waals surface area contributed by atoms with Gasteiger partial charge in [0.25, 0.3) is 5.91 Å². The van der Waals surface area contributed by atoms with Crippen molar-refractivity contribution in [2.45, 2.75) is 26.1 Å². The van der Waals surface area contributed by atoms with E-state index in [1.165, 1.54) is 10.6 Å². The highest BCUT2D eigenvalue weighted by molar-refractivity contribution is 5.77. The number of amides is 1. The lowest BCUT2D eigenvalue weighted by atomic mass is 10.2. The van der Waals surface area contributed by atoms with Gasteiger partial charge in [0.2, 0.25) is 0 Å². The third-order valence-electron chi connectivity index (χ3n) is 5.09. The third-order valence-corrected chi connectivity index (χ3v) is 5.09. The first-order valence-corrected chi connectivity index (χ1v) is 9.21. The largest absolute Gasteiger partial charge is 0.497 e. The fraction of sp³-hybridized carbons (Fsp3) is 0.632. The first-order valence-electron chi connectivity index (χ1n) is 9.21. The van der Waals surface area contributed by atoms with Gasteiger partial charge in [-0.2, -0.15) is 0 Å². The number of hydrogen-bond donors (Lipinski definition) is 1. The average Bonchev–Trinajstić information content (AvgIpc) is 2.61. The van der Waals surface area contributed by atoms with Gasteiger partial charge in [-0.1, -0.05) is 0 Å². The maximum absolute atomic E-state index is 12.6. The van der Waals surface area contributed by atoms with Crippen LogP contribution in [0.4, 0.5) is 5.69 Å². The number of nitrogens with zero attached hydrogens (tertiary/aromatic N) is 2. The molecule has 1 amide bonds. The van der Waals surface area contributed by atoms with Gasteiger partial charge in [0.1, 0.15) is 31.0 Å². The lowest BCUT2D eigenvalue weighted by Crippen LogP contribution is -3.16. The van der Waals surface area contributed by atoms with E-state index in [1.807, 2.05) is 17.0 Å². The van der Waals surface area contributed by atoms with Crippen LogP contribution in [-0.4, -0.2) is 75.9 Å². The van der Waals surface area contributed by atoms with Crippen molar-refractivity contribution in [2.75, 3.05) is 57.8 Å². The standard InChI is InChI=1S/C19H29N3O3/c1-15-12-20(13-16(2)25-15)14-19(23)22-10-8-21(9-11-22)17-4-6-18(24-3)7-5-17/h4-7,15-16H,8-14H2,1-3H3/p+1/t15-,16+. The summed E-state index contributed by atoms with van der Waals surface area (Å²) in [6.07, 6.45) is 0.469. The number of nitrogens with one attached hydrogen (secondary N) is 1. The molecule has 6 heteroatoms. The van der Waals surface area contributed by atoms with Crippen LogP contribution in [0.15, 0.2) is 24.3 Å². The summed E-state index contributed by atoms with van der Waals surface area (Å²) >= 11 is 0. The summed E-state index contributed by atoms with van der Waals surface area (Å²) in [4.78, 5) is 18.3. The Morgan fingerprint density at radius 2 is 1.72 bits per heavy atom. The number of rotatable bonds is 4. The minimum Gasteiger partial charge on any atom is -0.497 e. The minimum atomic E-state index is 0.235. The summed E-state index contributed by atoms with van der Waals surface area (Å²) in [7, 11) is 1.68. The number of carbonyl (C=O) groups excluding carboxylic acids is 1. The number of benzene rings is 1. The van der Waals surface area contributed by atoms with Crippen LogP contribution in [-0.2, 0) is 9.53 Å². The molecule has 0 bridgehead atoms. The van der Waals surface area contributed by atoms with Gasteiger partial charge in [0, 0.05) is 31.9 Å². The normalized spacial score (nSPS) is 27.2. The molecule has 2 heterocycles.